The van der Waals surface area contributed by atoms with Crippen molar-refractivity contribution >= 4 is 40.7 Å². The minimum absolute atomic E-state index is 0.0189. The van der Waals surface area contributed by atoms with Crippen molar-refractivity contribution in [3.63, 3.8) is 0 Å². The van der Waals surface area contributed by atoms with Crippen LogP contribution in [0, 0.1) is 20.5 Å². The summed E-state index contributed by atoms with van der Waals surface area (Å²) in [5, 5.41) is 20.9. The summed E-state index contributed by atoms with van der Waals surface area (Å²) in [5.41, 5.74) is 1.20. The average molecular weight is 364 g/mol. The molecular weight excluding hydrogens is 354 g/mol. The predicted octanol–water partition coefficient (Wildman–Crippen LogP) is 2.67. The molecule has 0 bridgehead atoms. The Morgan fingerprint density at radius 2 is 1.78 bits per heavy atom. The van der Waals surface area contributed by atoms with Gasteiger partial charge in [-0.25, -0.2) is 0 Å². The van der Waals surface area contributed by atoms with E-state index in [0.717, 1.165) is 5.32 Å². The molecule has 0 aliphatic rings. The van der Waals surface area contributed by atoms with Crippen molar-refractivity contribution in [1.29, 1.82) is 10.5 Å². The van der Waals surface area contributed by atoms with E-state index >= 15 is 0 Å². The van der Waals surface area contributed by atoms with Crippen LogP contribution < -0.4 is 0 Å². The van der Waals surface area contributed by atoms with Crippen LogP contribution in [-0.2, 0) is 0 Å². The maximum absolute atomic E-state index is 8.91. The molecule has 0 heterocycles. The molecule has 0 aliphatic heterocycles. The first-order chi connectivity index (χ1) is 8.85. The quantitative estimate of drug-likeness (QED) is 0.784. The summed E-state index contributed by atoms with van der Waals surface area (Å²) in [6.07, 6.45) is 0. The molecule has 0 saturated carbocycles. The third kappa shape index (κ3) is 3.14. The number of fused-ring (bicyclic) bond motifs is 1. The molecule has 0 amide bonds. The first-order valence-electron chi connectivity index (χ1n) is 5.39. The molecule has 2 rings (SSSR count). The SMILES string of the molecule is N#C[Se]CC([Se]C#N)c1ccc2ccccc2c1. The van der Waals surface area contributed by atoms with Gasteiger partial charge in [0.1, 0.15) is 0 Å². The predicted molar refractivity (Wildman–Crippen MR) is 74.2 cm³/mol. The number of nitrogens with zero attached hydrogens (tertiary/aromatic N) is 2. The number of nitriles is 2. The van der Waals surface area contributed by atoms with Crippen molar-refractivity contribution in [1.82, 2.24) is 0 Å². The molecule has 0 radical (unpaired) electrons. The van der Waals surface area contributed by atoms with Gasteiger partial charge in [0, 0.05) is 0 Å². The summed E-state index contributed by atoms with van der Waals surface area (Å²) in [4.78, 5) is 4.77. The van der Waals surface area contributed by atoms with Crippen molar-refractivity contribution in [2.45, 2.75) is 10.1 Å². The Morgan fingerprint density at radius 1 is 1.00 bits per heavy atom. The Hall–Kier alpha value is -1.28. The maximum atomic E-state index is 8.91. The second-order valence-corrected chi connectivity index (χ2v) is 7.47. The third-order valence-corrected chi connectivity index (χ3v) is 6.77. The zero-order chi connectivity index (χ0) is 12.8. The Labute approximate surface area is 119 Å². The van der Waals surface area contributed by atoms with E-state index in [0.29, 0.717) is 0 Å². The van der Waals surface area contributed by atoms with Gasteiger partial charge >= 0.3 is 119 Å². The van der Waals surface area contributed by atoms with Crippen molar-refractivity contribution in [3.8, 4) is 9.94 Å². The molecule has 0 saturated heterocycles. The second kappa shape index (κ2) is 6.60. The molecule has 0 aromatic heterocycles. The normalized spacial score (nSPS) is 11.7. The first-order valence-corrected chi connectivity index (χ1v) is 9.31. The van der Waals surface area contributed by atoms with Gasteiger partial charge in [-0.3, -0.25) is 0 Å². The van der Waals surface area contributed by atoms with Gasteiger partial charge in [0.2, 0.25) is 0 Å². The van der Waals surface area contributed by atoms with E-state index in [-0.39, 0.29) is 34.7 Å². The van der Waals surface area contributed by atoms with Crippen LogP contribution >= 0.6 is 0 Å². The van der Waals surface area contributed by atoms with Gasteiger partial charge in [-0.05, 0) is 0 Å². The Morgan fingerprint density at radius 3 is 2.50 bits per heavy atom. The second-order valence-electron chi connectivity index (χ2n) is 3.71. The summed E-state index contributed by atoms with van der Waals surface area (Å²) >= 11 is -0.101. The van der Waals surface area contributed by atoms with Gasteiger partial charge < -0.3 is 0 Å². The zero-order valence-electron chi connectivity index (χ0n) is 9.54. The Bertz CT molecular complexity index is 625. The van der Waals surface area contributed by atoms with Gasteiger partial charge in [0.25, 0.3) is 0 Å². The van der Waals surface area contributed by atoms with E-state index in [1.807, 2.05) is 12.1 Å². The molecule has 18 heavy (non-hydrogen) atoms. The topological polar surface area (TPSA) is 47.6 Å². The molecule has 0 aliphatic carbocycles. The van der Waals surface area contributed by atoms with Crippen LogP contribution in [0.3, 0.4) is 0 Å². The standard InChI is InChI=1S/C14H10N2Se2/c15-9-17-8-14(18-10-16)13-6-5-11-3-1-2-4-12(11)7-13/h1-7,14H,8H2. The molecule has 2 aromatic carbocycles. The summed E-state index contributed by atoms with van der Waals surface area (Å²) in [5.74, 6) is 0. The Kier molecular flexibility index (Phi) is 4.82. The van der Waals surface area contributed by atoms with Crippen molar-refractivity contribution < 1.29 is 0 Å². The van der Waals surface area contributed by atoms with Gasteiger partial charge in [-0.1, -0.05) is 0 Å². The van der Waals surface area contributed by atoms with Crippen molar-refractivity contribution in [2.24, 2.45) is 0 Å². The van der Waals surface area contributed by atoms with Crippen LogP contribution in [0.2, 0.25) is 5.32 Å². The number of benzene rings is 2. The van der Waals surface area contributed by atoms with Crippen LogP contribution in [0.5, 0.6) is 0 Å². The van der Waals surface area contributed by atoms with Gasteiger partial charge in [0.05, 0.1) is 0 Å². The number of rotatable bonds is 4. The van der Waals surface area contributed by atoms with Crippen LogP contribution in [0.4, 0.5) is 0 Å². The van der Waals surface area contributed by atoms with Crippen LogP contribution in [0.1, 0.15) is 10.4 Å². The molecule has 1 unspecified atom stereocenters. The first kappa shape index (κ1) is 13.2. The summed E-state index contributed by atoms with van der Waals surface area (Å²) in [6.45, 7) is 0. The van der Waals surface area contributed by atoms with E-state index in [1.54, 1.807) is 0 Å². The van der Waals surface area contributed by atoms with Crippen LogP contribution in [0.15, 0.2) is 42.5 Å². The summed E-state index contributed by atoms with van der Waals surface area (Å²) in [7, 11) is 0. The third-order valence-electron chi connectivity index (χ3n) is 2.64. The molecule has 0 N–H and O–H groups in total. The molecule has 0 fully saturated rings. The molecule has 1 atom stereocenters. The van der Waals surface area contributed by atoms with Gasteiger partial charge in [-0.2, -0.15) is 0 Å². The van der Waals surface area contributed by atoms with E-state index in [2.05, 4.69) is 40.3 Å². The van der Waals surface area contributed by atoms with Crippen molar-refractivity contribution in [2.75, 3.05) is 0 Å². The van der Waals surface area contributed by atoms with Crippen molar-refractivity contribution in [3.05, 3.63) is 48.0 Å². The van der Waals surface area contributed by atoms with E-state index in [9.17, 15) is 0 Å². The van der Waals surface area contributed by atoms with E-state index in [1.165, 1.54) is 16.3 Å². The molecule has 0 spiro atoms. The van der Waals surface area contributed by atoms with Gasteiger partial charge in [0.15, 0.2) is 0 Å². The summed E-state index contributed by atoms with van der Waals surface area (Å²) < 4.78 is 0. The molecular formula is C14H10N2Se2. The zero-order valence-corrected chi connectivity index (χ0v) is 13.0. The average Bonchev–Trinajstić information content (AvgIpc) is 2.43. The summed E-state index contributed by atoms with van der Waals surface area (Å²) in [6, 6.07) is 14.6. The number of hydrogen-bond donors (Lipinski definition) is 0. The monoisotopic (exact) mass is 366 g/mol. The molecule has 88 valence electrons. The van der Waals surface area contributed by atoms with Crippen LogP contribution in [0.25, 0.3) is 10.8 Å². The van der Waals surface area contributed by atoms with Gasteiger partial charge in [-0.15, -0.1) is 0 Å². The Balaban J connectivity index is 2.32. The fraction of sp³-hybridized carbons (Fsp3) is 0.143. The molecule has 2 aromatic rings. The fourth-order valence-electron chi connectivity index (χ4n) is 1.78. The number of hydrogen-bond acceptors (Lipinski definition) is 2. The minimum atomic E-state index is -0.0823. The van der Waals surface area contributed by atoms with Crippen LogP contribution in [-0.4, -0.2) is 29.9 Å². The fourth-order valence-corrected chi connectivity index (χ4v) is 5.15. The molecule has 4 heteroatoms. The van der Waals surface area contributed by atoms with E-state index in [4.69, 9.17) is 10.5 Å². The van der Waals surface area contributed by atoms with E-state index < -0.39 is 0 Å². The molecule has 2 nitrogen and oxygen atoms in total.